The number of aliphatic carboxylic acids is 1. The molecule has 2 N–H and O–H groups in total. The summed E-state index contributed by atoms with van der Waals surface area (Å²) in [6.45, 7) is -0.157. The van der Waals surface area contributed by atoms with E-state index in [1.807, 2.05) is 0 Å². The molecule has 0 spiro atoms. The third-order valence-corrected chi connectivity index (χ3v) is 2.88. The van der Waals surface area contributed by atoms with Gasteiger partial charge in [-0.2, -0.15) is 5.10 Å². The third-order valence-electron chi connectivity index (χ3n) is 2.88. The predicted molar refractivity (Wildman–Crippen MR) is 65.7 cm³/mol. The van der Waals surface area contributed by atoms with E-state index in [0.29, 0.717) is 6.42 Å². The molecule has 106 valence electrons. The van der Waals surface area contributed by atoms with Gasteiger partial charge in [0.2, 0.25) is 5.91 Å². The standard InChI is InChI=1S/C11H12N4O5/c16-10(6-14-5-9(4-12-14)15(19)20)13-8-2-1-7(3-8)11(17)18/h1-2,4-5,7-8H,3,6H2,(H,13,16)(H,17,18). The summed E-state index contributed by atoms with van der Waals surface area (Å²) in [5.74, 6) is -1.91. The lowest BCUT2D eigenvalue weighted by Gasteiger charge is -2.11. The average molecular weight is 280 g/mol. The highest BCUT2D eigenvalue weighted by molar-refractivity contribution is 5.77. The molecule has 1 heterocycles. The third kappa shape index (κ3) is 3.19. The van der Waals surface area contributed by atoms with Crippen molar-refractivity contribution in [2.45, 2.75) is 19.0 Å². The number of amides is 1. The van der Waals surface area contributed by atoms with Crippen molar-refractivity contribution in [3.8, 4) is 0 Å². The molecule has 0 radical (unpaired) electrons. The fourth-order valence-electron chi connectivity index (χ4n) is 1.92. The lowest BCUT2D eigenvalue weighted by molar-refractivity contribution is -0.385. The van der Waals surface area contributed by atoms with Gasteiger partial charge in [-0.25, -0.2) is 0 Å². The van der Waals surface area contributed by atoms with Crippen LogP contribution in [-0.4, -0.2) is 37.7 Å². The number of nitrogens with zero attached hydrogens (tertiary/aromatic N) is 3. The number of carbonyl (C=O) groups excluding carboxylic acids is 1. The second-order valence-electron chi connectivity index (χ2n) is 4.39. The molecule has 2 atom stereocenters. The van der Waals surface area contributed by atoms with Gasteiger partial charge in [0, 0.05) is 6.04 Å². The minimum atomic E-state index is -0.930. The van der Waals surface area contributed by atoms with Gasteiger partial charge in [-0.05, 0) is 6.42 Å². The number of carbonyl (C=O) groups is 2. The van der Waals surface area contributed by atoms with Crippen molar-refractivity contribution in [1.29, 1.82) is 0 Å². The molecule has 0 fully saturated rings. The normalized spacial score (nSPS) is 20.8. The zero-order chi connectivity index (χ0) is 14.7. The number of hydrogen-bond donors (Lipinski definition) is 2. The average Bonchev–Trinajstić information content (AvgIpc) is 2.98. The first-order valence-electron chi connectivity index (χ1n) is 5.83. The van der Waals surface area contributed by atoms with Gasteiger partial charge in [-0.3, -0.25) is 24.4 Å². The van der Waals surface area contributed by atoms with Crippen LogP contribution in [0.2, 0.25) is 0 Å². The van der Waals surface area contributed by atoms with Gasteiger partial charge in [-0.1, -0.05) is 12.2 Å². The van der Waals surface area contributed by atoms with Gasteiger partial charge in [0.1, 0.15) is 18.9 Å². The highest BCUT2D eigenvalue weighted by Crippen LogP contribution is 2.17. The first-order chi connectivity index (χ1) is 9.45. The molecule has 1 aliphatic carbocycles. The van der Waals surface area contributed by atoms with E-state index in [2.05, 4.69) is 10.4 Å². The van der Waals surface area contributed by atoms with Gasteiger partial charge in [0.25, 0.3) is 0 Å². The maximum absolute atomic E-state index is 11.7. The molecule has 9 nitrogen and oxygen atoms in total. The summed E-state index contributed by atoms with van der Waals surface area (Å²) in [5, 5.41) is 25.6. The van der Waals surface area contributed by atoms with Crippen molar-refractivity contribution in [3.05, 3.63) is 34.7 Å². The van der Waals surface area contributed by atoms with Gasteiger partial charge < -0.3 is 10.4 Å². The van der Waals surface area contributed by atoms with E-state index >= 15 is 0 Å². The highest BCUT2D eigenvalue weighted by atomic mass is 16.6. The van der Waals surface area contributed by atoms with Crippen LogP contribution in [0.25, 0.3) is 0 Å². The van der Waals surface area contributed by atoms with Gasteiger partial charge >= 0.3 is 11.7 Å². The minimum Gasteiger partial charge on any atom is -0.481 e. The van der Waals surface area contributed by atoms with Crippen LogP contribution in [-0.2, 0) is 16.1 Å². The Balaban J connectivity index is 1.85. The van der Waals surface area contributed by atoms with Crippen LogP contribution < -0.4 is 5.32 Å². The molecule has 0 saturated heterocycles. The Hall–Kier alpha value is -2.71. The first-order valence-corrected chi connectivity index (χ1v) is 5.83. The summed E-state index contributed by atoms with van der Waals surface area (Å²) < 4.78 is 1.15. The number of nitrogens with one attached hydrogen (secondary N) is 1. The maximum Gasteiger partial charge on any atom is 0.310 e. The summed E-state index contributed by atoms with van der Waals surface area (Å²) in [6, 6.07) is -0.339. The Kier molecular flexibility index (Phi) is 3.78. The molecule has 0 aromatic carbocycles. The van der Waals surface area contributed by atoms with Gasteiger partial charge in [-0.15, -0.1) is 0 Å². The molecule has 1 aliphatic rings. The lowest BCUT2D eigenvalue weighted by Crippen LogP contribution is -2.35. The van der Waals surface area contributed by atoms with Crippen LogP contribution in [0.1, 0.15) is 6.42 Å². The zero-order valence-electron chi connectivity index (χ0n) is 10.3. The van der Waals surface area contributed by atoms with Crippen molar-refractivity contribution >= 4 is 17.6 Å². The number of carboxylic acids is 1. The summed E-state index contributed by atoms with van der Waals surface area (Å²) in [6.07, 6.45) is 5.68. The van der Waals surface area contributed by atoms with E-state index in [9.17, 15) is 19.7 Å². The highest BCUT2D eigenvalue weighted by Gasteiger charge is 2.25. The number of rotatable bonds is 5. The monoisotopic (exact) mass is 280 g/mol. The van der Waals surface area contributed by atoms with Crippen LogP contribution in [0, 0.1) is 16.0 Å². The number of nitro groups is 1. The molecule has 2 unspecified atom stereocenters. The molecular weight excluding hydrogens is 268 g/mol. The molecule has 1 aromatic heterocycles. The topological polar surface area (TPSA) is 127 Å². The second-order valence-corrected chi connectivity index (χ2v) is 4.39. The van der Waals surface area contributed by atoms with E-state index in [0.717, 1.165) is 17.1 Å². The second kappa shape index (κ2) is 5.51. The largest absolute Gasteiger partial charge is 0.481 e. The smallest absolute Gasteiger partial charge is 0.310 e. The van der Waals surface area contributed by atoms with Crippen molar-refractivity contribution in [1.82, 2.24) is 15.1 Å². The summed E-state index contributed by atoms with van der Waals surface area (Å²) in [5.41, 5.74) is -0.190. The van der Waals surface area contributed by atoms with E-state index in [1.165, 1.54) is 6.08 Å². The number of carboxylic acid groups (broad SMARTS) is 1. The minimum absolute atomic E-state index is 0.157. The van der Waals surface area contributed by atoms with Gasteiger partial charge in [0.05, 0.1) is 10.8 Å². The molecule has 2 rings (SSSR count). The van der Waals surface area contributed by atoms with Gasteiger partial charge in [0.15, 0.2) is 0 Å². The SMILES string of the molecule is O=C(Cn1cc([N+](=O)[O-])cn1)NC1C=CC(C(=O)O)C1. The lowest BCUT2D eigenvalue weighted by atomic mass is 10.1. The Morgan fingerprint density at radius 3 is 2.85 bits per heavy atom. The fraction of sp³-hybridized carbons (Fsp3) is 0.364. The Morgan fingerprint density at radius 1 is 1.55 bits per heavy atom. The van der Waals surface area contributed by atoms with Crippen LogP contribution >= 0.6 is 0 Å². The molecular formula is C11H12N4O5. The van der Waals surface area contributed by atoms with Crippen LogP contribution in [0.3, 0.4) is 0 Å². The Morgan fingerprint density at radius 2 is 2.30 bits per heavy atom. The zero-order valence-corrected chi connectivity index (χ0v) is 10.3. The van der Waals surface area contributed by atoms with E-state index < -0.39 is 16.8 Å². The van der Waals surface area contributed by atoms with Crippen molar-refractivity contribution in [2.24, 2.45) is 5.92 Å². The van der Waals surface area contributed by atoms with E-state index in [-0.39, 0.29) is 24.2 Å². The number of hydrogen-bond acceptors (Lipinski definition) is 5. The Labute approximate surface area is 113 Å². The van der Waals surface area contributed by atoms with E-state index in [4.69, 9.17) is 5.11 Å². The molecule has 1 aromatic rings. The van der Waals surface area contributed by atoms with E-state index in [1.54, 1.807) is 6.08 Å². The van der Waals surface area contributed by atoms with Crippen LogP contribution in [0.4, 0.5) is 5.69 Å². The molecule has 9 heteroatoms. The summed E-state index contributed by atoms with van der Waals surface area (Å²) >= 11 is 0. The van der Waals surface area contributed by atoms with Crippen molar-refractivity contribution in [2.75, 3.05) is 0 Å². The molecule has 20 heavy (non-hydrogen) atoms. The van der Waals surface area contributed by atoms with Crippen molar-refractivity contribution in [3.63, 3.8) is 0 Å². The fourth-order valence-corrected chi connectivity index (χ4v) is 1.92. The number of aromatic nitrogens is 2. The quantitative estimate of drug-likeness (QED) is 0.441. The van der Waals surface area contributed by atoms with Crippen LogP contribution in [0.15, 0.2) is 24.5 Å². The maximum atomic E-state index is 11.7. The summed E-state index contributed by atoms with van der Waals surface area (Å²) in [4.78, 5) is 32.3. The molecule has 0 aliphatic heterocycles. The summed E-state index contributed by atoms with van der Waals surface area (Å²) in [7, 11) is 0. The van der Waals surface area contributed by atoms with Crippen LogP contribution in [0.5, 0.6) is 0 Å². The molecule has 0 saturated carbocycles. The predicted octanol–water partition coefficient (Wildman–Crippen LogP) is -0.0632. The van der Waals surface area contributed by atoms with Crippen molar-refractivity contribution < 1.29 is 19.6 Å². The molecule has 0 bridgehead atoms. The first kappa shape index (κ1) is 13.7. The Bertz CT molecular complexity index is 579. The molecule has 1 amide bonds.